The Kier molecular flexibility index (Phi) is 5.97. The molecule has 1 saturated carbocycles. The van der Waals surface area contributed by atoms with Crippen molar-refractivity contribution >= 4 is 27.5 Å². The lowest BCUT2D eigenvalue weighted by molar-refractivity contribution is 0.0573. The molecule has 0 atom stereocenters. The molecule has 0 spiro atoms. The largest absolute Gasteiger partial charge is 0.336 e. The van der Waals surface area contributed by atoms with Crippen LogP contribution in [0.3, 0.4) is 0 Å². The van der Waals surface area contributed by atoms with Gasteiger partial charge in [0.25, 0.3) is 5.91 Å². The van der Waals surface area contributed by atoms with Crippen LogP contribution < -0.4 is 0 Å². The predicted molar refractivity (Wildman–Crippen MR) is 109 cm³/mol. The summed E-state index contributed by atoms with van der Waals surface area (Å²) in [5, 5.41) is 0.309. The molecule has 0 bridgehead atoms. The van der Waals surface area contributed by atoms with E-state index >= 15 is 0 Å². The highest BCUT2D eigenvalue weighted by atomic mass is 35.5. The van der Waals surface area contributed by atoms with Crippen LogP contribution in [-0.2, 0) is 10.0 Å². The molecule has 2 aliphatic heterocycles. The maximum Gasteiger partial charge on any atom is 0.255 e. The summed E-state index contributed by atoms with van der Waals surface area (Å²) >= 11 is 6.29. The number of amides is 1. The van der Waals surface area contributed by atoms with Crippen molar-refractivity contribution in [3.8, 4) is 0 Å². The van der Waals surface area contributed by atoms with E-state index in [0.717, 1.165) is 25.9 Å². The number of carbonyl (C=O) groups excluding carboxylic acids is 1. The molecule has 0 unspecified atom stereocenters. The lowest BCUT2D eigenvalue weighted by Crippen LogP contribution is -2.51. The van der Waals surface area contributed by atoms with Crippen molar-refractivity contribution < 1.29 is 13.2 Å². The van der Waals surface area contributed by atoms with Gasteiger partial charge in [-0.05, 0) is 43.9 Å². The van der Waals surface area contributed by atoms with Gasteiger partial charge in [-0.3, -0.25) is 9.69 Å². The van der Waals surface area contributed by atoms with Gasteiger partial charge >= 0.3 is 0 Å². The van der Waals surface area contributed by atoms with Gasteiger partial charge in [-0.15, -0.1) is 0 Å². The second-order valence-electron chi connectivity index (χ2n) is 8.02. The summed E-state index contributed by atoms with van der Waals surface area (Å²) in [5.41, 5.74) is 0.288. The van der Waals surface area contributed by atoms with E-state index in [9.17, 15) is 13.2 Å². The van der Waals surface area contributed by atoms with Gasteiger partial charge in [-0.25, -0.2) is 8.42 Å². The van der Waals surface area contributed by atoms with Crippen molar-refractivity contribution in [3.63, 3.8) is 0 Å². The zero-order valence-corrected chi connectivity index (χ0v) is 17.7. The molecule has 154 valence electrons. The summed E-state index contributed by atoms with van der Waals surface area (Å²) in [7, 11) is -3.57. The first kappa shape index (κ1) is 20.1. The van der Waals surface area contributed by atoms with E-state index in [4.69, 9.17) is 11.6 Å². The Morgan fingerprint density at radius 1 is 0.929 bits per heavy atom. The van der Waals surface area contributed by atoms with Crippen molar-refractivity contribution in [3.05, 3.63) is 28.8 Å². The Labute approximate surface area is 172 Å². The number of rotatable bonds is 4. The number of nitrogens with zero attached hydrogens (tertiary/aromatic N) is 3. The first-order chi connectivity index (χ1) is 13.5. The molecular weight excluding hydrogens is 398 g/mol. The van der Waals surface area contributed by atoms with E-state index in [2.05, 4.69) is 4.90 Å². The van der Waals surface area contributed by atoms with E-state index in [0.29, 0.717) is 37.2 Å². The van der Waals surface area contributed by atoms with Crippen molar-refractivity contribution in [2.45, 2.75) is 49.5 Å². The minimum absolute atomic E-state index is 0.159. The molecular formula is C20H28ClN3O3S. The molecule has 0 N–H and O–H groups in total. The summed E-state index contributed by atoms with van der Waals surface area (Å²) in [6, 6.07) is 5.16. The highest BCUT2D eigenvalue weighted by Gasteiger charge is 2.31. The van der Waals surface area contributed by atoms with E-state index in [-0.39, 0.29) is 16.4 Å². The maximum absolute atomic E-state index is 13.1. The first-order valence-electron chi connectivity index (χ1n) is 10.3. The second kappa shape index (κ2) is 8.30. The van der Waals surface area contributed by atoms with Crippen molar-refractivity contribution in [1.82, 2.24) is 14.1 Å². The summed E-state index contributed by atoms with van der Waals surface area (Å²) in [6.07, 6.45) is 6.88. The Bertz CT molecular complexity index is 825. The number of benzene rings is 1. The first-order valence-corrected chi connectivity index (χ1v) is 12.1. The molecule has 0 aromatic heterocycles. The molecule has 6 nitrogen and oxygen atoms in total. The van der Waals surface area contributed by atoms with Gasteiger partial charge in [0.15, 0.2) is 0 Å². The molecule has 2 heterocycles. The van der Waals surface area contributed by atoms with Gasteiger partial charge < -0.3 is 4.90 Å². The van der Waals surface area contributed by atoms with Gasteiger partial charge in [-0.1, -0.05) is 24.4 Å². The van der Waals surface area contributed by atoms with Gasteiger partial charge in [0, 0.05) is 45.3 Å². The molecule has 3 fully saturated rings. The summed E-state index contributed by atoms with van der Waals surface area (Å²) < 4.78 is 27.2. The van der Waals surface area contributed by atoms with E-state index in [1.165, 1.54) is 48.2 Å². The monoisotopic (exact) mass is 425 g/mol. The van der Waals surface area contributed by atoms with Gasteiger partial charge in [0.05, 0.1) is 15.5 Å². The Hall–Kier alpha value is -1.15. The van der Waals surface area contributed by atoms with Crippen LogP contribution in [0.2, 0.25) is 5.02 Å². The normalized spacial score (nSPS) is 22.8. The average Bonchev–Trinajstić information content (AvgIpc) is 3.42. The molecule has 1 amide bonds. The van der Waals surface area contributed by atoms with Crippen LogP contribution in [0.4, 0.5) is 0 Å². The number of hydrogen-bond acceptors (Lipinski definition) is 4. The third kappa shape index (κ3) is 3.95. The third-order valence-electron chi connectivity index (χ3n) is 6.31. The average molecular weight is 426 g/mol. The van der Waals surface area contributed by atoms with Crippen LogP contribution in [0.1, 0.15) is 48.9 Å². The molecule has 3 aliphatic rings. The molecule has 1 aromatic rings. The fraction of sp³-hybridized carbons (Fsp3) is 0.650. The number of sulfonamides is 1. The van der Waals surface area contributed by atoms with Crippen molar-refractivity contribution in [1.29, 1.82) is 0 Å². The minimum atomic E-state index is -3.57. The summed E-state index contributed by atoms with van der Waals surface area (Å²) in [4.78, 5) is 17.5. The summed E-state index contributed by atoms with van der Waals surface area (Å²) in [5.74, 6) is -0.172. The number of piperazine rings is 1. The van der Waals surface area contributed by atoms with Crippen LogP contribution in [-0.4, -0.2) is 73.7 Å². The fourth-order valence-electron chi connectivity index (χ4n) is 4.64. The predicted octanol–water partition coefficient (Wildman–Crippen LogP) is 2.82. The highest BCUT2D eigenvalue weighted by molar-refractivity contribution is 7.89. The lowest BCUT2D eigenvalue weighted by atomic mass is 10.1. The number of hydrogen-bond donors (Lipinski definition) is 0. The topological polar surface area (TPSA) is 60.9 Å². The maximum atomic E-state index is 13.1. The SMILES string of the molecule is O=C(c1cc(S(=O)(=O)N2CCCC2)ccc1Cl)N1CCN(C2CCCC2)CC1. The third-order valence-corrected chi connectivity index (χ3v) is 8.54. The smallest absolute Gasteiger partial charge is 0.255 e. The van der Waals surface area contributed by atoms with Crippen molar-refractivity contribution in [2.75, 3.05) is 39.3 Å². The van der Waals surface area contributed by atoms with Gasteiger partial charge in [-0.2, -0.15) is 4.31 Å². The molecule has 8 heteroatoms. The van der Waals surface area contributed by atoms with Crippen LogP contribution >= 0.6 is 11.6 Å². The Morgan fingerprint density at radius 2 is 1.57 bits per heavy atom. The van der Waals surface area contributed by atoms with Crippen LogP contribution in [0, 0.1) is 0 Å². The van der Waals surface area contributed by atoms with Gasteiger partial charge in [0.2, 0.25) is 10.0 Å². The Morgan fingerprint density at radius 3 is 2.21 bits per heavy atom. The Balaban J connectivity index is 1.48. The molecule has 28 heavy (non-hydrogen) atoms. The molecule has 0 radical (unpaired) electrons. The zero-order chi connectivity index (χ0) is 19.7. The van der Waals surface area contributed by atoms with Gasteiger partial charge in [0.1, 0.15) is 0 Å². The molecule has 1 aromatic carbocycles. The number of carbonyl (C=O) groups is 1. The second-order valence-corrected chi connectivity index (χ2v) is 10.4. The minimum Gasteiger partial charge on any atom is -0.336 e. The van der Waals surface area contributed by atoms with Crippen LogP contribution in [0.15, 0.2) is 23.1 Å². The molecule has 2 saturated heterocycles. The van der Waals surface area contributed by atoms with Crippen molar-refractivity contribution in [2.24, 2.45) is 0 Å². The highest BCUT2D eigenvalue weighted by Crippen LogP contribution is 2.28. The molecule has 1 aliphatic carbocycles. The zero-order valence-electron chi connectivity index (χ0n) is 16.1. The quantitative estimate of drug-likeness (QED) is 0.744. The molecule has 4 rings (SSSR count). The van der Waals surface area contributed by atoms with E-state index in [1.807, 2.05) is 0 Å². The fourth-order valence-corrected chi connectivity index (χ4v) is 6.38. The standard InChI is InChI=1S/C20H28ClN3O3S/c21-19-8-7-17(28(26,27)24-9-3-4-10-24)15-18(19)20(25)23-13-11-22(12-14-23)16-5-1-2-6-16/h7-8,15-16H,1-6,9-14H2. The van der Waals surface area contributed by atoms with Crippen LogP contribution in [0.25, 0.3) is 0 Å². The lowest BCUT2D eigenvalue weighted by Gasteiger charge is -2.38. The summed E-state index contributed by atoms with van der Waals surface area (Å²) in [6.45, 7) is 4.15. The number of halogens is 1. The van der Waals surface area contributed by atoms with E-state index in [1.54, 1.807) is 4.90 Å². The van der Waals surface area contributed by atoms with E-state index < -0.39 is 10.0 Å². The van der Waals surface area contributed by atoms with Crippen LogP contribution in [0.5, 0.6) is 0 Å².